The molecule has 1 aromatic carbocycles. The number of rotatable bonds is 8. The van der Waals surface area contributed by atoms with E-state index in [9.17, 15) is 4.79 Å². The largest absolute Gasteiger partial charge is 0.493 e. The van der Waals surface area contributed by atoms with Crippen LogP contribution in [0.2, 0.25) is 0 Å². The van der Waals surface area contributed by atoms with E-state index in [1.165, 1.54) is 0 Å². The van der Waals surface area contributed by atoms with Gasteiger partial charge < -0.3 is 14.2 Å². The average molecular weight is 238 g/mol. The monoisotopic (exact) mass is 238 g/mol. The number of methoxy groups -OCH3 is 1. The summed E-state index contributed by atoms with van der Waals surface area (Å²) in [6, 6.07) is 5.23. The molecular formula is C13H18O4. The zero-order valence-electron chi connectivity index (χ0n) is 10.3. The quantitative estimate of drug-likeness (QED) is 0.515. The van der Waals surface area contributed by atoms with E-state index < -0.39 is 0 Å². The third-order valence-electron chi connectivity index (χ3n) is 2.24. The first kappa shape index (κ1) is 13.5. The lowest BCUT2D eigenvalue weighted by Crippen LogP contribution is -2.05. The summed E-state index contributed by atoms with van der Waals surface area (Å²) in [6.07, 6.45) is 1.55. The van der Waals surface area contributed by atoms with Crippen LogP contribution in [0.5, 0.6) is 11.5 Å². The lowest BCUT2D eigenvalue weighted by Gasteiger charge is -2.12. The second-order valence-corrected chi connectivity index (χ2v) is 3.40. The molecule has 0 fully saturated rings. The van der Waals surface area contributed by atoms with Crippen LogP contribution >= 0.6 is 0 Å². The fourth-order valence-electron chi connectivity index (χ4n) is 1.42. The van der Waals surface area contributed by atoms with Gasteiger partial charge in [0.1, 0.15) is 0 Å². The molecule has 17 heavy (non-hydrogen) atoms. The van der Waals surface area contributed by atoms with Gasteiger partial charge in [0.05, 0.1) is 19.3 Å². The molecule has 0 saturated heterocycles. The molecule has 94 valence electrons. The molecular weight excluding hydrogens is 220 g/mol. The predicted molar refractivity (Wildman–Crippen MR) is 65.0 cm³/mol. The van der Waals surface area contributed by atoms with Crippen molar-refractivity contribution in [1.29, 1.82) is 0 Å². The molecule has 0 aliphatic heterocycles. The molecule has 0 bridgehead atoms. The van der Waals surface area contributed by atoms with Crippen LogP contribution in [0.1, 0.15) is 23.7 Å². The zero-order chi connectivity index (χ0) is 12.5. The molecule has 0 amide bonds. The maximum Gasteiger partial charge on any atom is 0.171 e. The lowest BCUT2D eigenvalue weighted by atomic mass is 10.2. The number of ether oxygens (including phenoxy) is 3. The van der Waals surface area contributed by atoms with Gasteiger partial charge in [0, 0.05) is 19.6 Å². The van der Waals surface area contributed by atoms with Gasteiger partial charge in [0.2, 0.25) is 0 Å². The van der Waals surface area contributed by atoms with Crippen molar-refractivity contribution < 1.29 is 19.0 Å². The summed E-state index contributed by atoms with van der Waals surface area (Å²) in [4.78, 5) is 10.9. The molecule has 0 unspecified atom stereocenters. The Bertz CT molecular complexity index is 349. The smallest absolute Gasteiger partial charge is 0.171 e. The standard InChI is InChI=1S/C13H18O4/c1-3-16-8-5-9-17-13-11(10-14)6-4-7-12(13)15-2/h4,6-7,10H,3,5,8-9H2,1-2H3. The van der Waals surface area contributed by atoms with Crippen molar-refractivity contribution in [2.45, 2.75) is 13.3 Å². The average Bonchev–Trinajstić information content (AvgIpc) is 2.38. The summed E-state index contributed by atoms with van der Waals surface area (Å²) in [7, 11) is 1.55. The molecule has 0 N–H and O–H groups in total. The topological polar surface area (TPSA) is 44.8 Å². The van der Waals surface area contributed by atoms with E-state index in [0.717, 1.165) is 12.7 Å². The highest BCUT2D eigenvalue weighted by atomic mass is 16.5. The molecule has 1 rings (SSSR count). The van der Waals surface area contributed by atoms with Crippen LogP contribution in [-0.2, 0) is 4.74 Å². The molecule has 0 spiro atoms. The first-order chi connectivity index (χ1) is 8.33. The summed E-state index contributed by atoms with van der Waals surface area (Å²) in [5, 5.41) is 0. The molecule has 0 aliphatic rings. The number of aldehydes is 1. The van der Waals surface area contributed by atoms with Crippen LogP contribution in [0.25, 0.3) is 0 Å². The van der Waals surface area contributed by atoms with Crippen molar-refractivity contribution in [2.75, 3.05) is 26.9 Å². The van der Waals surface area contributed by atoms with Gasteiger partial charge in [-0.05, 0) is 19.1 Å². The van der Waals surface area contributed by atoms with Gasteiger partial charge >= 0.3 is 0 Å². The maximum absolute atomic E-state index is 10.9. The Labute approximate surface area is 101 Å². The number of carbonyl (C=O) groups is 1. The minimum Gasteiger partial charge on any atom is -0.493 e. The van der Waals surface area contributed by atoms with E-state index in [2.05, 4.69) is 0 Å². The van der Waals surface area contributed by atoms with E-state index in [4.69, 9.17) is 14.2 Å². The van der Waals surface area contributed by atoms with E-state index in [1.807, 2.05) is 6.92 Å². The van der Waals surface area contributed by atoms with E-state index in [-0.39, 0.29) is 0 Å². The van der Waals surface area contributed by atoms with Gasteiger partial charge in [0.15, 0.2) is 17.8 Å². The van der Waals surface area contributed by atoms with Gasteiger partial charge in [-0.1, -0.05) is 6.07 Å². The first-order valence-electron chi connectivity index (χ1n) is 5.66. The minimum atomic E-state index is 0.501. The van der Waals surface area contributed by atoms with Gasteiger partial charge in [-0.15, -0.1) is 0 Å². The van der Waals surface area contributed by atoms with Crippen LogP contribution in [0, 0.1) is 0 Å². The maximum atomic E-state index is 10.9. The molecule has 4 nitrogen and oxygen atoms in total. The Kier molecular flexibility index (Phi) is 6.10. The minimum absolute atomic E-state index is 0.501. The highest BCUT2D eigenvalue weighted by Gasteiger charge is 2.09. The molecule has 0 radical (unpaired) electrons. The van der Waals surface area contributed by atoms with Crippen LogP contribution in [0.15, 0.2) is 18.2 Å². The second-order valence-electron chi connectivity index (χ2n) is 3.40. The third-order valence-corrected chi connectivity index (χ3v) is 2.24. The third kappa shape index (κ3) is 4.07. The number of carbonyl (C=O) groups excluding carboxylic acids is 1. The number of benzene rings is 1. The molecule has 1 aromatic rings. The summed E-state index contributed by atoms with van der Waals surface area (Å²) in [6.45, 7) is 3.81. The van der Waals surface area contributed by atoms with Crippen molar-refractivity contribution in [2.24, 2.45) is 0 Å². The molecule has 0 saturated carbocycles. The van der Waals surface area contributed by atoms with Crippen molar-refractivity contribution in [3.63, 3.8) is 0 Å². The SMILES string of the molecule is CCOCCCOc1c(C=O)cccc1OC. The fraction of sp³-hybridized carbons (Fsp3) is 0.462. The molecule has 0 aliphatic carbocycles. The molecule has 4 heteroatoms. The van der Waals surface area contributed by atoms with Crippen molar-refractivity contribution in [3.05, 3.63) is 23.8 Å². The number of hydrogen-bond acceptors (Lipinski definition) is 4. The summed E-state index contributed by atoms with van der Waals surface area (Å²) in [5.41, 5.74) is 0.501. The first-order valence-corrected chi connectivity index (χ1v) is 5.66. The summed E-state index contributed by atoms with van der Waals surface area (Å²) < 4.78 is 15.9. The normalized spacial score (nSPS) is 10.0. The van der Waals surface area contributed by atoms with Crippen molar-refractivity contribution in [3.8, 4) is 11.5 Å². The Morgan fingerprint density at radius 2 is 2.12 bits per heavy atom. The highest BCUT2D eigenvalue weighted by Crippen LogP contribution is 2.29. The number of hydrogen-bond donors (Lipinski definition) is 0. The van der Waals surface area contributed by atoms with Crippen LogP contribution < -0.4 is 9.47 Å². The predicted octanol–water partition coefficient (Wildman–Crippen LogP) is 2.31. The van der Waals surface area contributed by atoms with E-state index >= 15 is 0 Å². The van der Waals surface area contributed by atoms with Gasteiger partial charge in [-0.3, -0.25) is 4.79 Å². The Morgan fingerprint density at radius 3 is 2.76 bits per heavy atom. The molecule has 0 atom stereocenters. The van der Waals surface area contributed by atoms with E-state index in [1.54, 1.807) is 25.3 Å². The van der Waals surface area contributed by atoms with Crippen molar-refractivity contribution in [1.82, 2.24) is 0 Å². The zero-order valence-corrected chi connectivity index (χ0v) is 10.3. The fourth-order valence-corrected chi connectivity index (χ4v) is 1.42. The number of para-hydroxylation sites is 1. The highest BCUT2D eigenvalue weighted by molar-refractivity contribution is 5.81. The van der Waals surface area contributed by atoms with Crippen LogP contribution in [0.4, 0.5) is 0 Å². The Morgan fingerprint density at radius 1 is 1.29 bits per heavy atom. The summed E-state index contributed by atoms with van der Waals surface area (Å²) >= 11 is 0. The molecule has 0 heterocycles. The Balaban J connectivity index is 2.58. The van der Waals surface area contributed by atoms with Crippen LogP contribution in [-0.4, -0.2) is 33.2 Å². The van der Waals surface area contributed by atoms with E-state index in [0.29, 0.717) is 36.9 Å². The Hall–Kier alpha value is -1.55. The summed E-state index contributed by atoms with van der Waals surface area (Å²) in [5.74, 6) is 1.08. The second kappa shape index (κ2) is 7.68. The van der Waals surface area contributed by atoms with Gasteiger partial charge in [-0.25, -0.2) is 0 Å². The lowest BCUT2D eigenvalue weighted by molar-refractivity contribution is 0.111. The van der Waals surface area contributed by atoms with Gasteiger partial charge in [0.25, 0.3) is 0 Å². The molecule has 0 aromatic heterocycles. The van der Waals surface area contributed by atoms with Crippen molar-refractivity contribution >= 4 is 6.29 Å². The van der Waals surface area contributed by atoms with Crippen LogP contribution in [0.3, 0.4) is 0 Å². The van der Waals surface area contributed by atoms with Gasteiger partial charge in [-0.2, -0.15) is 0 Å².